The zero-order valence-corrected chi connectivity index (χ0v) is 9.69. The topological polar surface area (TPSA) is 168 Å². The molecular formula is C7H16NO8P. The van der Waals surface area contributed by atoms with Gasteiger partial charge >= 0.3 is 13.7 Å². The van der Waals surface area contributed by atoms with E-state index < -0.39 is 51.1 Å². The molecule has 7 N–H and O–H groups in total. The van der Waals surface area contributed by atoms with Gasteiger partial charge in [-0.25, -0.2) is 4.79 Å². The van der Waals surface area contributed by atoms with Gasteiger partial charge in [-0.05, 0) is 6.42 Å². The normalized spacial score (nSPS) is 17.2. The van der Waals surface area contributed by atoms with Crippen molar-refractivity contribution in [3.05, 3.63) is 0 Å². The summed E-state index contributed by atoms with van der Waals surface area (Å²) in [5.41, 5.74) is 0. The molecule has 3 atom stereocenters. The Labute approximate surface area is 96.9 Å². The number of amides is 1. The molecule has 0 unspecified atom stereocenters. The monoisotopic (exact) mass is 273 g/mol. The highest BCUT2D eigenvalue weighted by Crippen LogP contribution is 2.35. The SMILES string of the molecule is O=C(O)NC[C@@H](O)[C@H](O)[C@H](O)CCP(=O)(O)O. The van der Waals surface area contributed by atoms with Crippen LogP contribution in [0.3, 0.4) is 0 Å². The molecule has 0 fully saturated rings. The molecule has 0 spiro atoms. The standard InChI is InChI=1S/C7H16NO8P/c9-4(1-2-17(14,15)16)6(11)5(10)3-8-7(12)13/h4-6,8-11H,1-3H2,(H,12,13)(H2,14,15,16)/t4-,5-,6-/m1/s1. The first-order valence-corrected chi connectivity index (χ1v) is 6.49. The van der Waals surface area contributed by atoms with Gasteiger partial charge in [-0.2, -0.15) is 0 Å². The van der Waals surface area contributed by atoms with E-state index in [1.807, 2.05) is 0 Å². The minimum Gasteiger partial charge on any atom is -0.465 e. The fourth-order valence-electron chi connectivity index (χ4n) is 1.04. The molecule has 0 aromatic rings. The largest absolute Gasteiger partial charge is 0.465 e. The Bertz CT molecular complexity index is 292. The van der Waals surface area contributed by atoms with Crippen LogP contribution in [0.4, 0.5) is 4.79 Å². The molecular weight excluding hydrogens is 257 g/mol. The molecule has 1 amide bonds. The van der Waals surface area contributed by atoms with Gasteiger partial charge in [0.15, 0.2) is 0 Å². The lowest BCUT2D eigenvalue weighted by atomic mass is 10.1. The number of carboxylic acid groups (broad SMARTS) is 1. The fraction of sp³-hybridized carbons (Fsp3) is 0.857. The van der Waals surface area contributed by atoms with Gasteiger partial charge in [-0.15, -0.1) is 0 Å². The average molecular weight is 273 g/mol. The highest BCUT2D eigenvalue weighted by atomic mass is 31.2. The third kappa shape index (κ3) is 8.08. The minimum absolute atomic E-state index is 0.407. The number of hydrogen-bond acceptors (Lipinski definition) is 5. The van der Waals surface area contributed by atoms with E-state index in [4.69, 9.17) is 14.9 Å². The summed E-state index contributed by atoms with van der Waals surface area (Å²) in [5, 5.41) is 37.9. The van der Waals surface area contributed by atoms with Crippen LogP contribution in [0, 0.1) is 0 Å². The van der Waals surface area contributed by atoms with Crippen LogP contribution in [0.5, 0.6) is 0 Å². The lowest BCUT2D eigenvalue weighted by Crippen LogP contribution is -2.44. The van der Waals surface area contributed by atoms with Crippen LogP contribution in [0.1, 0.15) is 6.42 Å². The zero-order chi connectivity index (χ0) is 13.6. The molecule has 10 heteroatoms. The van der Waals surface area contributed by atoms with Gasteiger partial charge in [-0.1, -0.05) is 0 Å². The highest BCUT2D eigenvalue weighted by Gasteiger charge is 2.27. The molecule has 17 heavy (non-hydrogen) atoms. The molecule has 0 aromatic heterocycles. The van der Waals surface area contributed by atoms with Crippen LogP contribution >= 0.6 is 7.60 Å². The third-order valence-corrected chi connectivity index (χ3v) is 2.81. The summed E-state index contributed by atoms with van der Waals surface area (Å²) < 4.78 is 10.5. The predicted octanol–water partition coefficient (Wildman–Crippen LogP) is -2.10. The van der Waals surface area contributed by atoms with E-state index in [1.54, 1.807) is 5.32 Å². The van der Waals surface area contributed by atoms with E-state index in [0.717, 1.165) is 0 Å². The van der Waals surface area contributed by atoms with Gasteiger partial charge in [0.1, 0.15) is 6.10 Å². The molecule has 0 saturated heterocycles. The van der Waals surface area contributed by atoms with E-state index in [0.29, 0.717) is 0 Å². The van der Waals surface area contributed by atoms with Gasteiger partial charge in [0, 0.05) is 6.54 Å². The van der Waals surface area contributed by atoms with Crippen molar-refractivity contribution in [2.24, 2.45) is 0 Å². The smallest absolute Gasteiger partial charge is 0.404 e. The van der Waals surface area contributed by atoms with Crippen molar-refractivity contribution >= 4 is 13.7 Å². The van der Waals surface area contributed by atoms with E-state index in [1.165, 1.54) is 0 Å². The molecule has 9 nitrogen and oxygen atoms in total. The molecule has 0 rings (SSSR count). The van der Waals surface area contributed by atoms with Crippen LogP contribution in [-0.4, -0.2) is 67.3 Å². The van der Waals surface area contributed by atoms with Crippen LogP contribution in [0.15, 0.2) is 0 Å². The summed E-state index contributed by atoms with van der Waals surface area (Å²) in [6.07, 6.45) is -7.24. The Morgan fingerprint density at radius 3 is 2.12 bits per heavy atom. The minimum atomic E-state index is -4.28. The maximum Gasteiger partial charge on any atom is 0.404 e. The maximum absolute atomic E-state index is 10.5. The van der Waals surface area contributed by atoms with E-state index >= 15 is 0 Å². The number of aliphatic hydroxyl groups is 3. The first-order chi connectivity index (χ1) is 7.63. The average Bonchev–Trinajstić information content (AvgIpc) is 2.20. The van der Waals surface area contributed by atoms with Gasteiger partial charge < -0.3 is 35.5 Å². The predicted molar refractivity (Wildman–Crippen MR) is 55.6 cm³/mol. The second-order valence-electron chi connectivity index (χ2n) is 3.49. The summed E-state index contributed by atoms with van der Waals surface area (Å²) in [6.45, 7) is -0.497. The Balaban J connectivity index is 4.06. The fourth-order valence-corrected chi connectivity index (χ4v) is 1.64. The number of hydrogen-bond donors (Lipinski definition) is 7. The number of nitrogens with one attached hydrogen (secondary N) is 1. The Hall–Kier alpha value is -0.700. The second-order valence-corrected chi connectivity index (χ2v) is 5.26. The van der Waals surface area contributed by atoms with Crippen LogP contribution in [-0.2, 0) is 4.57 Å². The number of aliphatic hydroxyl groups excluding tert-OH is 3. The summed E-state index contributed by atoms with van der Waals surface area (Å²) in [5.74, 6) is 0. The van der Waals surface area contributed by atoms with Gasteiger partial charge in [0.05, 0.1) is 18.4 Å². The molecule has 102 valence electrons. The number of carbonyl (C=O) groups is 1. The molecule has 0 heterocycles. The van der Waals surface area contributed by atoms with Crippen LogP contribution in [0.25, 0.3) is 0 Å². The third-order valence-electron chi connectivity index (χ3n) is 1.97. The van der Waals surface area contributed by atoms with Gasteiger partial charge in [0.2, 0.25) is 0 Å². The molecule has 0 bridgehead atoms. The van der Waals surface area contributed by atoms with Crippen molar-refractivity contribution in [1.29, 1.82) is 0 Å². The molecule has 0 saturated carbocycles. The lowest BCUT2D eigenvalue weighted by Gasteiger charge is -2.22. The summed E-state index contributed by atoms with van der Waals surface area (Å²) in [4.78, 5) is 27.1. The van der Waals surface area contributed by atoms with Gasteiger partial charge in [0.25, 0.3) is 0 Å². The summed E-state index contributed by atoms with van der Waals surface area (Å²) in [6, 6.07) is 0. The quantitative estimate of drug-likeness (QED) is 0.259. The zero-order valence-electron chi connectivity index (χ0n) is 8.80. The summed E-state index contributed by atoms with van der Waals surface area (Å²) >= 11 is 0. The van der Waals surface area contributed by atoms with Crippen molar-refractivity contribution in [2.45, 2.75) is 24.7 Å². The first-order valence-electron chi connectivity index (χ1n) is 4.69. The molecule has 0 aromatic carbocycles. The van der Waals surface area contributed by atoms with Crippen molar-refractivity contribution < 1.29 is 39.6 Å². The van der Waals surface area contributed by atoms with Crippen LogP contribution in [0.2, 0.25) is 0 Å². The van der Waals surface area contributed by atoms with Crippen molar-refractivity contribution in [3.63, 3.8) is 0 Å². The molecule has 0 radical (unpaired) electrons. The van der Waals surface area contributed by atoms with Crippen LogP contribution < -0.4 is 5.32 Å². The van der Waals surface area contributed by atoms with E-state index in [2.05, 4.69) is 0 Å². The van der Waals surface area contributed by atoms with E-state index in [-0.39, 0.29) is 0 Å². The second kappa shape index (κ2) is 6.90. The Kier molecular flexibility index (Phi) is 6.61. The maximum atomic E-state index is 10.5. The Morgan fingerprint density at radius 2 is 1.71 bits per heavy atom. The van der Waals surface area contributed by atoms with Crippen molar-refractivity contribution in [1.82, 2.24) is 5.32 Å². The first kappa shape index (κ1) is 16.3. The molecule has 0 aliphatic rings. The lowest BCUT2D eigenvalue weighted by molar-refractivity contribution is -0.0580. The highest BCUT2D eigenvalue weighted by molar-refractivity contribution is 7.51. The number of rotatable bonds is 7. The summed E-state index contributed by atoms with van der Waals surface area (Å²) in [7, 11) is -4.28. The van der Waals surface area contributed by atoms with E-state index in [9.17, 15) is 24.7 Å². The molecule has 0 aliphatic carbocycles. The van der Waals surface area contributed by atoms with Gasteiger partial charge in [-0.3, -0.25) is 4.57 Å². The molecule has 0 aliphatic heterocycles. The van der Waals surface area contributed by atoms with Crippen molar-refractivity contribution in [2.75, 3.05) is 12.7 Å². The van der Waals surface area contributed by atoms with Crippen molar-refractivity contribution in [3.8, 4) is 0 Å². The Morgan fingerprint density at radius 1 is 1.18 bits per heavy atom.